The van der Waals surface area contributed by atoms with Gasteiger partial charge in [0.1, 0.15) is 12.1 Å². The number of guanidine groups is 1. The Morgan fingerprint density at radius 1 is 1.69 bits per heavy atom. The number of hydrogen-bond acceptors (Lipinski definition) is 5. The minimum Gasteiger partial charge on any atom is -0.369 e. The molecule has 2 rings (SSSR count). The van der Waals surface area contributed by atoms with Gasteiger partial charge in [0.05, 0.1) is 6.20 Å². The van der Waals surface area contributed by atoms with Crippen molar-refractivity contribution in [1.82, 2.24) is 10.1 Å². The Balaban J connectivity index is 2.50. The largest absolute Gasteiger partial charge is 0.369 e. The van der Waals surface area contributed by atoms with Gasteiger partial charge in [-0.1, -0.05) is 5.16 Å². The highest BCUT2D eigenvalue weighted by atomic mass is 16.5. The van der Waals surface area contributed by atoms with E-state index in [-0.39, 0.29) is 18.4 Å². The first kappa shape index (κ1) is 7.78. The van der Waals surface area contributed by atoms with E-state index in [1.165, 1.54) is 11.1 Å². The van der Waals surface area contributed by atoms with Gasteiger partial charge in [0, 0.05) is 7.05 Å². The maximum Gasteiger partial charge on any atom is 0.265 e. The number of aromatic nitrogens is 1. The zero-order valence-electron chi connectivity index (χ0n) is 7.02. The van der Waals surface area contributed by atoms with Crippen molar-refractivity contribution >= 4 is 11.9 Å². The SMILES string of the molecule is CN1C(=O)c2cnoc2CN=C1N. The van der Waals surface area contributed by atoms with E-state index in [4.69, 9.17) is 10.3 Å². The fourth-order valence-corrected chi connectivity index (χ4v) is 1.10. The van der Waals surface area contributed by atoms with Crippen molar-refractivity contribution < 1.29 is 9.32 Å². The molecule has 2 N–H and O–H groups in total. The molecule has 0 spiro atoms. The van der Waals surface area contributed by atoms with Gasteiger partial charge in [-0.2, -0.15) is 0 Å². The Morgan fingerprint density at radius 3 is 3.23 bits per heavy atom. The molecule has 1 aromatic rings. The lowest BCUT2D eigenvalue weighted by Gasteiger charge is -2.12. The van der Waals surface area contributed by atoms with Crippen LogP contribution in [0.15, 0.2) is 15.7 Å². The molecule has 1 aliphatic heterocycles. The van der Waals surface area contributed by atoms with Crippen molar-refractivity contribution in [2.75, 3.05) is 7.05 Å². The van der Waals surface area contributed by atoms with Gasteiger partial charge in [-0.25, -0.2) is 4.99 Å². The highest BCUT2D eigenvalue weighted by molar-refractivity contribution is 6.06. The first-order valence-electron chi connectivity index (χ1n) is 3.71. The molecule has 0 aliphatic carbocycles. The maximum atomic E-state index is 11.6. The summed E-state index contributed by atoms with van der Waals surface area (Å²) in [5.41, 5.74) is 5.92. The molecule has 0 aromatic carbocycles. The van der Waals surface area contributed by atoms with E-state index in [0.29, 0.717) is 11.3 Å². The molecule has 0 radical (unpaired) electrons. The van der Waals surface area contributed by atoms with Crippen LogP contribution in [0.25, 0.3) is 0 Å². The molecule has 1 aliphatic rings. The molecule has 0 fully saturated rings. The fraction of sp³-hybridized carbons (Fsp3) is 0.286. The summed E-state index contributed by atoms with van der Waals surface area (Å²) in [4.78, 5) is 16.8. The molecule has 0 saturated heterocycles. The first-order chi connectivity index (χ1) is 6.20. The Kier molecular flexibility index (Phi) is 1.54. The van der Waals surface area contributed by atoms with Gasteiger partial charge in [0.15, 0.2) is 11.7 Å². The molecule has 6 heteroatoms. The van der Waals surface area contributed by atoms with Crippen LogP contribution in [-0.4, -0.2) is 29.0 Å². The maximum absolute atomic E-state index is 11.6. The monoisotopic (exact) mass is 180 g/mol. The quantitative estimate of drug-likeness (QED) is 0.587. The summed E-state index contributed by atoms with van der Waals surface area (Å²) >= 11 is 0. The Labute approximate surface area is 74.0 Å². The first-order valence-corrected chi connectivity index (χ1v) is 3.71. The van der Waals surface area contributed by atoms with E-state index in [1.807, 2.05) is 0 Å². The molecule has 6 nitrogen and oxygen atoms in total. The normalized spacial score (nSPS) is 16.5. The highest BCUT2D eigenvalue weighted by Gasteiger charge is 2.24. The van der Waals surface area contributed by atoms with E-state index in [2.05, 4.69) is 10.1 Å². The number of rotatable bonds is 0. The third-order valence-corrected chi connectivity index (χ3v) is 1.91. The van der Waals surface area contributed by atoms with Crippen molar-refractivity contribution in [2.45, 2.75) is 6.54 Å². The predicted molar refractivity (Wildman–Crippen MR) is 43.9 cm³/mol. The fourth-order valence-electron chi connectivity index (χ4n) is 1.10. The van der Waals surface area contributed by atoms with Gasteiger partial charge in [0.25, 0.3) is 5.91 Å². The number of carbonyl (C=O) groups excluding carboxylic acids is 1. The smallest absolute Gasteiger partial charge is 0.265 e. The Morgan fingerprint density at radius 2 is 2.46 bits per heavy atom. The summed E-state index contributed by atoms with van der Waals surface area (Å²) in [6.07, 6.45) is 1.38. The van der Waals surface area contributed by atoms with Crippen molar-refractivity contribution in [3.8, 4) is 0 Å². The summed E-state index contributed by atoms with van der Waals surface area (Å²) in [6, 6.07) is 0. The number of fused-ring (bicyclic) bond motifs is 1. The van der Waals surface area contributed by atoms with E-state index >= 15 is 0 Å². The lowest BCUT2D eigenvalue weighted by Crippen LogP contribution is -2.37. The molecule has 0 saturated carbocycles. The van der Waals surface area contributed by atoms with Crippen LogP contribution in [0, 0.1) is 0 Å². The minimum absolute atomic E-state index is 0.191. The predicted octanol–water partition coefficient (Wildman–Crippen LogP) is -0.425. The molecule has 1 aromatic heterocycles. The summed E-state index contributed by atoms with van der Waals surface area (Å²) in [5, 5.41) is 3.52. The third kappa shape index (κ3) is 1.07. The molecule has 0 bridgehead atoms. The van der Waals surface area contributed by atoms with Crippen LogP contribution < -0.4 is 5.73 Å². The zero-order chi connectivity index (χ0) is 9.42. The number of amides is 1. The number of hydrogen-bond donors (Lipinski definition) is 1. The second-order valence-corrected chi connectivity index (χ2v) is 2.70. The minimum atomic E-state index is -0.241. The topological polar surface area (TPSA) is 84.7 Å². The van der Waals surface area contributed by atoms with Crippen LogP contribution in [0.2, 0.25) is 0 Å². The molecule has 68 valence electrons. The van der Waals surface area contributed by atoms with Gasteiger partial charge in [-0.05, 0) is 0 Å². The average molecular weight is 180 g/mol. The van der Waals surface area contributed by atoms with Crippen LogP contribution in [0.4, 0.5) is 0 Å². The van der Waals surface area contributed by atoms with Gasteiger partial charge in [0.2, 0.25) is 0 Å². The molecule has 13 heavy (non-hydrogen) atoms. The Bertz CT molecular complexity index is 382. The average Bonchev–Trinajstić information content (AvgIpc) is 2.56. The second-order valence-electron chi connectivity index (χ2n) is 2.70. The standard InChI is InChI=1S/C7H8N4O2/c1-11-6(12)4-2-10-13-5(4)3-9-7(11)8/h2H,3H2,1H3,(H2,8,9). The number of aliphatic imine (C=N–C) groups is 1. The van der Waals surface area contributed by atoms with Crippen molar-refractivity contribution in [3.05, 3.63) is 17.5 Å². The zero-order valence-corrected chi connectivity index (χ0v) is 7.02. The van der Waals surface area contributed by atoms with Crippen LogP contribution in [0.3, 0.4) is 0 Å². The van der Waals surface area contributed by atoms with E-state index < -0.39 is 0 Å². The summed E-state index contributed by atoms with van der Waals surface area (Å²) in [6.45, 7) is 0.261. The summed E-state index contributed by atoms with van der Waals surface area (Å²) in [7, 11) is 1.56. The van der Waals surface area contributed by atoms with Gasteiger partial charge < -0.3 is 10.3 Å². The summed E-state index contributed by atoms with van der Waals surface area (Å²) < 4.78 is 4.84. The van der Waals surface area contributed by atoms with Crippen LogP contribution in [-0.2, 0) is 6.54 Å². The molecule has 2 heterocycles. The number of carbonyl (C=O) groups is 1. The van der Waals surface area contributed by atoms with Crippen molar-refractivity contribution in [2.24, 2.45) is 10.7 Å². The van der Waals surface area contributed by atoms with Crippen LogP contribution in [0.5, 0.6) is 0 Å². The van der Waals surface area contributed by atoms with E-state index in [0.717, 1.165) is 0 Å². The van der Waals surface area contributed by atoms with Gasteiger partial charge >= 0.3 is 0 Å². The molecular formula is C7H8N4O2. The number of nitrogens with two attached hydrogens (primary N) is 1. The van der Waals surface area contributed by atoms with Crippen molar-refractivity contribution in [3.63, 3.8) is 0 Å². The second kappa shape index (κ2) is 2.58. The Hall–Kier alpha value is -1.85. The number of nitrogens with zero attached hydrogens (tertiary/aromatic N) is 3. The lowest BCUT2D eigenvalue weighted by molar-refractivity contribution is 0.0870. The van der Waals surface area contributed by atoms with Crippen LogP contribution >= 0.6 is 0 Å². The summed E-state index contributed by atoms with van der Waals surface area (Å²) in [5.74, 6) is 0.406. The molecular weight excluding hydrogens is 172 g/mol. The highest BCUT2D eigenvalue weighted by Crippen LogP contribution is 2.14. The molecule has 1 amide bonds. The molecule has 0 unspecified atom stereocenters. The van der Waals surface area contributed by atoms with Gasteiger partial charge in [-0.3, -0.25) is 9.69 Å². The lowest BCUT2D eigenvalue weighted by atomic mass is 10.2. The molecule has 0 atom stereocenters. The van der Waals surface area contributed by atoms with Crippen molar-refractivity contribution in [1.29, 1.82) is 0 Å². The van der Waals surface area contributed by atoms with E-state index in [1.54, 1.807) is 7.05 Å². The van der Waals surface area contributed by atoms with Crippen LogP contribution in [0.1, 0.15) is 16.1 Å². The third-order valence-electron chi connectivity index (χ3n) is 1.91. The van der Waals surface area contributed by atoms with Gasteiger partial charge in [-0.15, -0.1) is 0 Å². The van der Waals surface area contributed by atoms with E-state index in [9.17, 15) is 4.79 Å².